The molecule has 24 heavy (non-hydrogen) atoms. The third kappa shape index (κ3) is 5.06. The van der Waals surface area contributed by atoms with E-state index < -0.39 is 0 Å². The minimum absolute atomic E-state index is 0.163. The molecule has 1 aromatic carbocycles. The fourth-order valence-corrected chi connectivity index (χ4v) is 4.25. The quantitative estimate of drug-likeness (QED) is 0.792. The van der Waals surface area contributed by atoms with Crippen molar-refractivity contribution in [2.75, 3.05) is 24.7 Å². The zero-order valence-electron chi connectivity index (χ0n) is 13.9. The molecule has 6 heteroatoms. The fraction of sp³-hybridized carbons (Fsp3) is 0.556. The molecule has 0 radical (unpaired) electrons. The molecule has 0 spiro atoms. The normalized spacial score (nSPS) is 18.2. The zero-order chi connectivity index (χ0) is 16.6. The topological polar surface area (TPSA) is 62.4 Å². The molecule has 2 aromatic rings. The van der Waals surface area contributed by atoms with Gasteiger partial charge in [0.15, 0.2) is 5.82 Å². The summed E-state index contributed by atoms with van der Waals surface area (Å²) in [6.45, 7) is 1.45. The van der Waals surface area contributed by atoms with Gasteiger partial charge in [0, 0.05) is 24.8 Å². The first kappa shape index (κ1) is 17.5. The molecular formula is C18H25N3O2S. The summed E-state index contributed by atoms with van der Waals surface area (Å²) in [5, 5.41) is 13.5. The van der Waals surface area contributed by atoms with Crippen molar-refractivity contribution in [2.24, 2.45) is 0 Å². The number of aromatic nitrogens is 2. The van der Waals surface area contributed by atoms with Crippen LogP contribution in [-0.2, 0) is 19.4 Å². The molecule has 1 aromatic heterocycles. The minimum atomic E-state index is 0.163. The Bertz CT molecular complexity index is 599. The lowest BCUT2D eigenvalue weighted by molar-refractivity contribution is 0.131. The van der Waals surface area contributed by atoms with E-state index in [1.807, 2.05) is 30.0 Å². The van der Waals surface area contributed by atoms with E-state index in [0.717, 1.165) is 24.4 Å². The summed E-state index contributed by atoms with van der Waals surface area (Å²) in [7, 11) is 0. The van der Waals surface area contributed by atoms with Gasteiger partial charge in [0.2, 0.25) is 5.89 Å². The second kappa shape index (κ2) is 9.20. The van der Waals surface area contributed by atoms with E-state index in [2.05, 4.69) is 27.2 Å². The Kier molecular flexibility index (Phi) is 6.69. The van der Waals surface area contributed by atoms with Crippen LogP contribution in [0.4, 0.5) is 0 Å². The van der Waals surface area contributed by atoms with Crippen LogP contribution in [0.2, 0.25) is 0 Å². The van der Waals surface area contributed by atoms with Crippen molar-refractivity contribution < 1.29 is 9.63 Å². The second-order valence-electron chi connectivity index (χ2n) is 6.15. The third-order valence-electron chi connectivity index (χ3n) is 4.37. The standard InChI is InChI=1S/C18H25N3O2S/c22-11-10-21(16-7-4-12-24-14-16)13-18-19-17(20-23-18)9-8-15-5-2-1-3-6-15/h1-3,5-6,16,22H,4,7-14H2/t16-/m0/s1. The van der Waals surface area contributed by atoms with Crippen LogP contribution in [0.5, 0.6) is 0 Å². The number of hydrogen-bond donors (Lipinski definition) is 1. The SMILES string of the molecule is OCCN(Cc1nc(CCc2ccccc2)no1)[C@H]1CCCSC1. The molecule has 130 valence electrons. The average Bonchev–Trinajstić information content (AvgIpc) is 3.09. The van der Waals surface area contributed by atoms with Gasteiger partial charge in [-0.2, -0.15) is 16.7 Å². The molecule has 0 unspecified atom stereocenters. The Labute approximate surface area is 147 Å². The van der Waals surface area contributed by atoms with E-state index in [-0.39, 0.29) is 6.61 Å². The van der Waals surface area contributed by atoms with Crippen LogP contribution in [0.25, 0.3) is 0 Å². The molecule has 0 aliphatic carbocycles. The Hall–Kier alpha value is -1.37. The molecule has 0 bridgehead atoms. The second-order valence-corrected chi connectivity index (χ2v) is 7.30. The van der Waals surface area contributed by atoms with Crippen LogP contribution < -0.4 is 0 Å². The molecule has 1 aliphatic rings. The molecule has 0 saturated carbocycles. The number of benzene rings is 1. The molecule has 1 fully saturated rings. The first-order chi connectivity index (χ1) is 11.8. The summed E-state index contributed by atoms with van der Waals surface area (Å²) in [6.07, 6.45) is 4.12. The number of aliphatic hydroxyl groups excluding tert-OH is 1. The number of nitrogens with zero attached hydrogens (tertiary/aromatic N) is 3. The minimum Gasteiger partial charge on any atom is -0.395 e. The molecule has 1 saturated heterocycles. The van der Waals surface area contributed by atoms with Crippen LogP contribution in [0.15, 0.2) is 34.9 Å². The fourth-order valence-electron chi connectivity index (χ4n) is 3.06. The van der Waals surface area contributed by atoms with Crippen molar-refractivity contribution in [3.8, 4) is 0 Å². The maximum Gasteiger partial charge on any atom is 0.240 e. The molecule has 1 atom stereocenters. The predicted molar refractivity (Wildman–Crippen MR) is 96.0 cm³/mol. The average molecular weight is 347 g/mol. The van der Waals surface area contributed by atoms with Crippen molar-refractivity contribution in [1.82, 2.24) is 15.0 Å². The van der Waals surface area contributed by atoms with Gasteiger partial charge < -0.3 is 9.63 Å². The van der Waals surface area contributed by atoms with E-state index in [9.17, 15) is 5.11 Å². The third-order valence-corrected chi connectivity index (χ3v) is 5.57. The van der Waals surface area contributed by atoms with Gasteiger partial charge in [-0.15, -0.1) is 0 Å². The van der Waals surface area contributed by atoms with Gasteiger partial charge in [-0.05, 0) is 30.6 Å². The summed E-state index contributed by atoms with van der Waals surface area (Å²) in [5.74, 6) is 3.78. The number of hydrogen-bond acceptors (Lipinski definition) is 6. The van der Waals surface area contributed by atoms with Crippen LogP contribution in [0.1, 0.15) is 30.1 Å². The van der Waals surface area contributed by atoms with Crippen LogP contribution >= 0.6 is 11.8 Å². The number of rotatable bonds is 8. The van der Waals surface area contributed by atoms with Crippen LogP contribution in [0.3, 0.4) is 0 Å². The van der Waals surface area contributed by atoms with E-state index in [1.54, 1.807) is 0 Å². The van der Waals surface area contributed by atoms with Gasteiger partial charge in [-0.3, -0.25) is 4.90 Å². The van der Waals surface area contributed by atoms with Crippen LogP contribution in [-0.4, -0.2) is 50.8 Å². The van der Waals surface area contributed by atoms with E-state index in [4.69, 9.17) is 4.52 Å². The van der Waals surface area contributed by atoms with Gasteiger partial charge in [-0.25, -0.2) is 0 Å². The van der Waals surface area contributed by atoms with Gasteiger partial charge in [0.1, 0.15) is 0 Å². The summed E-state index contributed by atoms with van der Waals surface area (Å²) in [4.78, 5) is 6.81. The molecule has 2 heterocycles. The number of aryl methyl sites for hydroxylation is 2. The molecule has 1 aliphatic heterocycles. The first-order valence-corrected chi connectivity index (χ1v) is 9.78. The van der Waals surface area contributed by atoms with Crippen molar-refractivity contribution >= 4 is 11.8 Å². The van der Waals surface area contributed by atoms with Crippen molar-refractivity contribution in [3.63, 3.8) is 0 Å². The Morgan fingerprint density at radius 3 is 2.88 bits per heavy atom. The largest absolute Gasteiger partial charge is 0.395 e. The monoisotopic (exact) mass is 347 g/mol. The highest BCUT2D eigenvalue weighted by molar-refractivity contribution is 7.99. The molecule has 5 nitrogen and oxygen atoms in total. The maximum absolute atomic E-state index is 9.35. The smallest absolute Gasteiger partial charge is 0.240 e. The van der Waals surface area contributed by atoms with E-state index in [1.165, 1.54) is 24.2 Å². The van der Waals surface area contributed by atoms with E-state index in [0.29, 0.717) is 25.0 Å². The zero-order valence-corrected chi connectivity index (χ0v) is 14.7. The molecular weight excluding hydrogens is 322 g/mol. The molecule has 3 rings (SSSR count). The Morgan fingerprint density at radius 1 is 1.25 bits per heavy atom. The van der Waals surface area contributed by atoms with Crippen molar-refractivity contribution in [3.05, 3.63) is 47.6 Å². The first-order valence-electron chi connectivity index (χ1n) is 8.63. The van der Waals surface area contributed by atoms with Gasteiger partial charge in [0.05, 0.1) is 13.2 Å². The predicted octanol–water partition coefficient (Wildman–Crippen LogP) is 2.54. The highest BCUT2D eigenvalue weighted by Crippen LogP contribution is 2.22. The Balaban J connectivity index is 1.55. The lowest BCUT2D eigenvalue weighted by Gasteiger charge is -2.32. The maximum atomic E-state index is 9.35. The van der Waals surface area contributed by atoms with Crippen molar-refractivity contribution in [1.29, 1.82) is 0 Å². The van der Waals surface area contributed by atoms with Gasteiger partial charge in [-0.1, -0.05) is 35.5 Å². The Morgan fingerprint density at radius 2 is 2.12 bits per heavy atom. The van der Waals surface area contributed by atoms with Crippen molar-refractivity contribution in [2.45, 2.75) is 38.3 Å². The highest BCUT2D eigenvalue weighted by Gasteiger charge is 2.23. The molecule has 1 N–H and O–H groups in total. The number of aliphatic hydroxyl groups is 1. The number of thioether (sulfide) groups is 1. The van der Waals surface area contributed by atoms with Gasteiger partial charge in [0.25, 0.3) is 0 Å². The summed E-state index contributed by atoms with van der Waals surface area (Å²) < 4.78 is 5.43. The lowest BCUT2D eigenvalue weighted by atomic mass is 10.1. The summed E-state index contributed by atoms with van der Waals surface area (Å²) in [6, 6.07) is 10.8. The summed E-state index contributed by atoms with van der Waals surface area (Å²) in [5.41, 5.74) is 1.28. The lowest BCUT2D eigenvalue weighted by Crippen LogP contribution is -2.40. The molecule has 0 amide bonds. The van der Waals surface area contributed by atoms with E-state index >= 15 is 0 Å². The highest BCUT2D eigenvalue weighted by atomic mass is 32.2. The van der Waals surface area contributed by atoms with Crippen LogP contribution in [0, 0.1) is 0 Å². The summed E-state index contributed by atoms with van der Waals surface area (Å²) >= 11 is 1.99. The van der Waals surface area contributed by atoms with Gasteiger partial charge >= 0.3 is 0 Å².